The first-order valence-electron chi connectivity index (χ1n) is 20.5. The summed E-state index contributed by atoms with van der Waals surface area (Å²) in [6, 6.07) is 73.0. The molecule has 0 unspecified atom stereocenters. The molecular formula is C57H39NO. The van der Waals surface area contributed by atoms with E-state index < -0.39 is 0 Å². The van der Waals surface area contributed by atoms with Gasteiger partial charge in [0.05, 0.1) is 11.4 Å². The van der Waals surface area contributed by atoms with Crippen molar-refractivity contribution in [3.8, 4) is 33.4 Å². The molecular weight excluding hydrogens is 715 g/mol. The molecule has 2 nitrogen and oxygen atoms in total. The maximum atomic E-state index is 7.45. The van der Waals surface area contributed by atoms with Crippen LogP contribution in [-0.4, -0.2) is 0 Å². The van der Waals surface area contributed by atoms with E-state index in [0.717, 1.165) is 55.7 Å². The van der Waals surface area contributed by atoms with Gasteiger partial charge in [-0.1, -0.05) is 178 Å². The summed E-state index contributed by atoms with van der Waals surface area (Å²) in [5.74, 6) is 0. The van der Waals surface area contributed by atoms with Gasteiger partial charge in [0, 0.05) is 33.0 Å². The zero-order chi connectivity index (χ0) is 39.2. The monoisotopic (exact) mass is 753 g/mol. The van der Waals surface area contributed by atoms with Gasteiger partial charge >= 0.3 is 0 Å². The molecule has 1 aliphatic rings. The molecule has 0 saturated carbocycles. The Labute approximate surface area is 343 Å². The van der Waals surface area contributed by atoms with E-state index in [2.05, 4.69) is 219 Å². The van der Waals surface area contributed by atoms with Gasteiger partial charge in [-0.15, -0.1) is 0 Å². The zero-order valence-corrected chi connectivity index (χ0v) is 32.9. The third-order valence-corrected chi connectivity index (χ3v) is 12.8. The summed E-state index contributed by atoms with van der Waals surface area (Å²) in [6.45, 7) is 4.71. The van der Waals surface area contributed by atoms with E-state index in [1.165, 1.54) is 60.1 Å². The number of fused-ring (bicyclic) bond motifs is 10. The first-order valence-corrected chi connectivity index (χ1v) is 20.5. The van der Waals surface area contributed by atoms with Crippen LogP contribution in [0.1, 0.15) is 25.0 Å². The third kappa shape index (κ3) is 5.00. The third-order valence-electron chi connectivity index (χ3n) is 12.8. The second-order valence-electron chi connectivity index (χ2n) is 16.4. The van der Waals surface area contributed by atoms with Crippen molar-refractivity contribution < 1.29 is 4.42 Å². The average molecular weight is 754 g/mol. The predicted octanol–water partition coefficient (Wildman–Crippen LogP) is 16.2. The number of benzene rings is 10. The maximum absolute atomic E-state index is 7.45. The Morgan fingerprint density at radius 2 is 0.983 bits per heavy atom. The Hall–Kier alpha value is -7.42. The number of hydrogen-bond donors (Lipinski definition) is 0. The Morgan fingerprint density at radius 1 is 0.373 bits per heavy atom. The van der Waals surface area contributed by atoms with Crippen LogP contribution >= 0.6 is 0 Å². The summed E-state index contributed by atoms with van der Waals surface area (Å²) < 4.78 is 7.45. The lowest BCUT2D eigenvalue weighted by Crippen LogP contribution is -2.17. The molecule has 0 spiro atoms. The van der Waals surface area contributed by atoms with Crippen molar-refractivity contribution in [1.29, 1.82) is 0 Å². The molecule has 0 amide bonds. The summed E-state index contributed by atoms with van der Waals surface area (Å²) in [7, 11) is 0. The molecule has 1 heterocycles. The van der Waals surface area contributed by atoms with Gasteiger partial charge in [0.1, 0.15) is 5.58 Å². The highest BCUT2D eigenvalue weighted by Gasteiger charge is 2.36. The number of anilines is 3. The van der Waals surface area contributed by atoms with Crippen LogP contribution in [0.5, 0.6) is 0 Å². The summed E-state index contributed by atoms with van der Waals surface area (Å²) >= 11 is 0. The van der Waals surface area contributed by atoms with E-state index in [4.69, 9.17) is 4.42 Å². The quantitative estimate of drug-likeness (QED) is 0.163. The fourth-order valence-corrected chi connectivity index (χ4v) is 10.1. The maximum Gasteiger partial charge on any atom is 0.159 e. The van der Waals surface area contributed by atoms with Crippen molar-refractivity contribution in [1.82, 2.24) is 0 Å². The molecule has 59 heavy (non-hydrogen) atoms. The minimum absolute atomic E-state index is 0.157. The molecule has 0 saturated heterocycles. The van der Waals surface area contributed by atoms with Gasteiger partial charge in [-0.05, 0) is 102 Å². The second kappa shape index (κ2) is 12.8. The van der Waals surface area contributed by atoms with E-state index in [0.29, 0.717) is 0 Å². The fraction of sp³-hybridized carbons (Fsp3) is 0.0526. The molecule has 12 rings (SSSR count). The molecule has 0 bridgehead atoms. The minimum atomic E-state index is -0.157. The van der Waals surface area contributed by atoms with Crippen molar-refractivity contribution in [3.05, 3.63) is 211 Å². The first kappa shape index (κ1) is 33.7. The number of para-hydroxylation sites is 2. The van der Waals surface area contributed by atoms with Crippen molar-refractivity contribution in [3.63, 3.8) is 0 Å². The fourth-order valence-electron chi connectivity index (χ4n) is 10.1. The SMILES string of the molecule is CC1(C)c2ccccc2-c2ccc(N(c3ccccc3-c3ccccc3)c3cccc4c3oc3c(-c5cc6ccccc6c6ccccc56)c5ccccc5cc34)cc21. The van der Waals surface area contributed by atoms with Gasteiger partial charge < -0.3 is 9.32 Å². The summed E-state index contributed by atoms with van der Waals surface area (Å²) in [4.78, 5) is 2.43. The Morgan fingerprint density at radius 3 is 1.81 bits per heavy atom. The van der Waals surface area contributed by atoms with Crippen LogP contribution in [0.2, 0.25) is 0 Å². The lowest BCUT2D eigenvalue weighted by Gasteiger charge is -2.29. The van der Waals surface area contributed by atoms with Crippen molar-refractivity contribution in [2.75, 3.05) is 4.90 Å². The summed E-state index contributed by atoms with van der Waals surface area (Å²) in [5.41, 5.74) is 14.7. The van der Waals surface area contributed by atoms with Crippen molar-refractivity contribution in [2.24, 2.45) is 0 Å². The molecule has 278 valence electrons. The van der Waals surface area contributed by atoms with E-state index in [-0.39, 0.29) is 5.41 Å². The highest BCUT2D eigenvalue weighted by atomic mass is 16.3. The number of furan rings is 1. The molecule has 11 aromatic rings. The smallest absolute Gasteiger partial charge is 0.159 e. The van der Waals surface area contributed by atoms with Crippen LogP contribution < -0.4 is 4.90 Å². The minimum Gasteiger partial charge on any atom is -0.453 e. The van der Waals surface area contributed by atoms with E-state index in [9.17, 15) is 0 Å². The van der Waals surface area contributed by atoms with Gasteiger partial charge in [-0.2, -0.15) is 0 Å². The van der Waals surface area contributed by atoms with Crippen LogP contribution in [-0.2, 0) is 5.41 Å². The van der Waals surface area contributed by atoms with Gasteiger partial charge in [-0.3, -0.25) is 0 Å². The Bertz CT molecular complexity index is 3480. The lowest BCUT2D eigenvalue weighted by atomic mass is 9.82. The topological polar surface area (TPSA) is 16.4 Å². The normalized spacial score (nSPS) is 13.1. The van der Waals surface area contributed by atoms with Crippen molar-refractivity contribution in [2.45, 2.75) is 19.3 Å². The second-order valence-corrected chi connectivity index (χ2v) is 16.4. The molecule has 1 aliphatic carbocycles. The molecule has 1 aromatic heterocycles. The number of rotatable bonds is 5. The molecule has 0 atom stereocenters. The zero-order valence-electron chi connectivity index (χ0n) is 32.9. The predicted molar refractivity (Wildman–Crippen MR) is 249 cm³/mol. The molecule has 0 radical (unpaired) electrons. The van der Waals surface area contributed by atoms with Gasteiger partial charge in [0.15, 0.2) is 5.58 Å². The van der Waals surface area contributed by atoms with E-state index in [1.807, 2.05) is 0 Å². The van der Waals surface area contributed by atoms with E-state index >= 15 is 0 Å². The summed E-state index contributed by atoms with van der Waals surface area (Å²) in [5, 5.41) is 9.47. The molecule has 0 fully saturated rings. The van der Waals surface area contributed by atoms with Crippen LogP contribution in [0, 0.1) is 0 Å². The largest absolute Gasteiger partial charge is 0.453 e. The molecule has 0 N–H and O–H groups in total. The van der Waals surface area contributed by atoms with Crippen LogP contribution in [0.3, 0.4) is 0 Å². The molecule has 10 aromatic carbocycles. The number of hydrogen-bond acceptors (Lipinski definition) is 2. The van der Waals surface area contributed by atoms with Crippen molar-refractivity contribution >= 4 is 71.3 Å². The van der Waals surface area contributed by atoms with Crippen LogP contribution in [0.4, 0.5) is 17.1 Å². The van der Waals surface area contributed by atoms with Gasteiger partial charge in [-0.25, -0.2) is 0 Å². The first-order chi connectivity index (χ1) is 29.0. The average Bonchev–Trinajstić information content (AvgIpc) is 3.77. The van der Waals surface area contributed by atoms with Gasteiger partial charge in [0.2, 0.25) is 0 Å². The highest BCUT2D eigenvalue weighted by molar-refractivity contribution is 6.24. The van der Waals surface area contributed by atoms with Crippen LogP contribution in [0.15, 0.2) is 205 Å². The Balaban J connectivity index is 1.17. The standard InChI is InChI=1S/C57H39NO/c1-57(2)50-28-14-12-26-45(50)46-32-31-39(35-51(46)57)58(52-29-15-13-22-41(52)36-17-4-3-5-18-36)53-30-16-27-47-49-34-38-20-7-9-23-42(38)54(56(49)59-55(47)53)48-33-37-19-6-8-21-40(37)43-24-10-11-25-44(43)48/h3-35H,1-2H3. The molecule has 0 aliphatic heterocycles. The van der Waals surface area contributed by atoms with E-state index in [1.54, 1.807) is 0 Å². The van der Waals surface area contributed by atoms with Crippen LogP contribution in [0.25, 0.3) is 87.6 Å². The number of nitrogens with zero attached hydrogens (tertiary/aromatic N) is 1. The summed E-state index contributed by atoms with van der Waals surface area (Å²) in [6.07, 6.45) is 0. The van der Waals surface area contributed by atoms with Gasteiger partial charge in [0.25, 0.3) is 0 Å². The molecule has 2 heteroatoms. The Kier molecular flexibility index (Phi) is 7.31. The highest BCUT2D eigenvalue weighted by Crippen LogP contribution is 2.53. The lowest BCUT2D eigenvalue weighted by molar-refractivity contribution is 0.660.